The van der Waals surface area contributed by atoms with Gasteiger partial charge in [0, 0.05) is 49.7 Å². The van der Waals surface area contributed by atoms with Crippen LogP contribution in [-0.2, 0) is 11.2 Å². The summed E-state index contributed by atoms with van der Waals surface area (Å²) >= 11 is 0. The minimum absolute atomic E-state index is 0. The largest absolute Gasteiger partial charge is 0.361 e. The first-order chi connectivity index (χ1) is 12.1. The number of hydrogen-bond donors (Lipinski definition) is 4. The Morgan fingerprint density at radius 3 is 2.69 bits per heavy atom. The summed E-state index contributed by atoms with van der Waals surface area (Å²) in [6, 6.07) is 8.52. The molecular weight excluding hydrogens is 441 g/mol. The summed E-state index contributed by atoms with van der Waals surface area (Å²) in [5.74, 6) is 0.785. The molecular formula is C19H30IN5O. The Balaban J connectivity index is 0.00000338. The number of nitrogens with one attached hydrogen (secondary N) is 4. The molecule has 0 radical (unpaired) electrons. The molecule has 0 aliphatic rings. The number of carbonyl (C=O) groups excluding carboxylic acids is 1. The van der Waals surface area contributed by atoms with Crippen LogP contribution in [0.5, 0.6) is 0 Å². The summed E-state index contributed by atoms with van der Waals surface area (Å²) in [6.45, 7) is 5.41. The zero-order valence-corrected chi connectivity index (χ0v) is 18.1. The molecule has 2 rings (SSSR count). The summed E-state index contributed by atoms with van der Waals surface area (Å²) in [5.41, 5.74) is 2.44. The number of nitrogens with zero attached hydrogens (tertiary/aromatic N) is 1. The number of guanidine groups is 1. The highest BCUT2D eigenvalue weighted by Gasteiger charge is 2.06. The van der Waals surface area contributed by atoms with Crippen molar-refractivity contribution in [3.8, 4) is 0 Å². The lowest BCUT2D eigenvalue weighted by molar-refractivity contribution is -0.121. The lowest BCUT2D eigenvalue weighted by atomic mass is 10.1. The number of H-pyrrole nitrogens is 1. The molecule has 2 aromatic rings. The summed E-state index contributed by atoms with van der Waals surface area (Å²) < 4.78 is 0. The Bertz CT molecular complexity index is 713. The van der Waals surface area contributed by atoms with E-state index in [0.717, 1.165) is 30.9 Å². The van der Waals surface area contributed by atoms with Gasteiger partial charge < -0.3 is 20.9 Å². The highest BCUT2D eigenvalue weighted by molar-refractivity contribution is 14.0. The molecule has 1 amide bonds. The van der Waals surface area contributed by atoms with Crippen LogP contribution < -0.4 is 16.0 Å². The predicted octanol–water partition coefficient (Wildman–Crippen LogP) is 2.80. The van der Waals surface area contributed by atoms with E-state index in [9.17, 15) is 4.79 Å². The maximum absolute atomic E-state index is 11.8. The molecule has 1 unspecified atom stereocenters. The number of aromatic amines is 1. The van der Waals surface area contributed by atoms with Crippen LogP contribution >= 0.6 is 24.0 Å². The van der Waals surface area contributed by atoms with Gasteiger partial charge in [-0.3, -0.25) is 9.79 Å². The van der Waals surface area contributed by atoms with Crippen molar-refractivity contribution in [2.45, 2.75) is 39.2 Å². The SMILES string of the molecule is CCC(C)NC(=O)CCNC(=NC)NCCc1c[nH]c2ccccc12.I. The average Bonchev–Trinajstić information content (AvgIpc) is 3.03. The van der Waals surface area contributed by atoms with Gasteiger partial charge in [-0.1, -0.05) is 25.1 Å². The van der Waals surface area contributed by atoms with Crippen LogP contribution in [0.2, 0.25) is 0 Å². The van der Waals surface area contributed by atoms with E-state index in [1.807, 2.05) is 13.0 Å². The first-order valence-electron chi connectivity index (χ1n) is 8.93. The van der Waals surface area contributed by atoms with Gasteiger partial charge in [0.25, 0.3) is 0 Å². The maximum atomic E-state index is 11.8. The van der Waals surface area contributed by atoms with E-state index in [0.29, 0.717) is 13.0 Å². The fourth-order valence-corrected chi connectivity index (χ4v) is 2.62. The zero-order valence-electron chi connectivity index (χ0n) is 15.8. The number of halogens is 1. The summed E-state index contributed by atoms with van der Waals surface area (Å²) in [4.78, 5) is 19.2. The molecule has 0 aliphatic heterocycles. The number of aromatic nitrogens is 1. The molecule has 1 heterocycles. The Morgan fingerprint density at radius 1 is 1.23 bits per heavy atom. The van der Waals surface area contributed by atoms with Crippen molar-refractivity contribution in [3.05, 3.63) is 36.0 Å². The molecule has 0 bridgehead atoms. The lowest BCUT2D eigenvalue weighted by Gasteiger charge is -2.13. The molecule has 26 heavy (non-hydrogen) atoms. The quantitative estimate of drug-likeness (QED) is 0.272. The van der Waals surface area contributed by atoms with Crippen molar-refractivity contribution in [2.75, 3.05) is 20.1 Å². The first-order valence-corrected chi connectivity index (χ1v) is 8.93. The van der Waals surface area contributed by atoms with E-state index in [4.69, 9.17) is 0 Å². The van der Waals surface area contributed by atoms with Crippen LogP contribution in [-0.4, -0.2) is 43.0 Å². The monoisotopic (exact) mass is 471 g/mol. The zero-order chi connectivity index (χ0) is 18.1. The molecule has 144 valence electrons. The van der Waals surface area contributed by atoms with Crippen molar-refractivity contribution >= 4 is 46.7 Å². The minimum Gasteiger partial charge on any atom is -0.361 e. The molecule has 4 N–H and O–H groups in total. The van der Waals surface area contributed by atoms with E-state index in [-0.39, 0.29) is 35.9 Å². The van der Waals surface area contributed by atoms with Crippen molar-refractivity contribution in [1.82, 2.24) is 20.9 Å². The number of fused-ring (bicyclic) bond motifs is 1. The van der Waals surface area contributed by atoms with Gasteiger partial charge in [-0.15, -0.1) is 24.0 Å². The maximum Gasteiger partial charge on any atom is 0.221 e. The molecule has 0 fully saturated rings. The van der Waals surface area contributed by atoms with Gasteiger partial charge in [0.05, 0.1) is 0 Å². The normalized spacial score (nSPS) is 12.3. The van der Waals surface area contributed by atoms with Crippen molar-refractivity contribution in [2.24, 2.45) is 4.99 Å². The van der Waals surface area contributed by atoms with E-state index in [1.165, 1.54) is 10.9 Å². The number of rotatable bonds is 8. The second-order valence-corrected chi connectivity index (χ2v) is 6.16. The van der Waals surface area contributed by atoms with Gasteiger partial charge in [0.15, 0.2) is 5.96 Å². The van der Waals surface area contributed by atoms with Gasteiger partial charge in [-0.25, -0.2) is 0 Å². The highest BCUT2D eigenvalue weighted by Crippen LogP contribution is 2.17. The smallest absolute Gasteiger partial charge is 0.221 e. The summed E-state index contributed by atoms with van der Waals surface area (Å²) in [6.07, 6.45) is 4.34. The van der Waals surface area contributed by atoms with Gasteiger partial charge >= 0.3 is 0 Å². The van der Waals surface area contributed by atoms with Gasteiger partial charge in [0.2, 0.25) is 5.91 Å². The predicted molar refractivity (Wildman–Crippen MR) is 119 cm³/mol. The van der Waals surface area contributed by atoms with E-state index < -0.39 is 0 Å². The lowest BCUT2D eigenvalue weighted by Crippen LogP contribution is -2.40. The third-order valence-electron chi connectivity index (χ3n) is 4.25. The average molecular weight is 471 g/mol. The Kier molecular flexibility index (Phi) is 10.1. The number of amides is 1. The van der Waals surface area contributed by atoms with Crippen LogP contribution in [0.1, 0.15) is 32.3 Å². The molecule has 6 nitrogen and oxygen atoms in total. The topological polar surface area (TPSA) is 81.3 Å². The highest BCUT2D eigenvalue weighted by atomic mass is 127. The van der Waals surface area contributed by atoms with E-state index >= 15 is 0 Å². The fraction of sp³-hybridized carbons (Fsp3) is 0.474. The number of aliphatic imine (C=N–C) groups is 1. The Morgan fingerprint density at radius 2 is 1.96 bits per heavy atom. The van der Waals surface area contributed by atoms with Crippen LogP contribution in [0.15, 0.2) is 35.5 Å². The summed E-state index contributed by atoms with van der Waals surface area (Å²) in [7, 11) is 1.74. The van der Waals surface area contributed by atoms with Crippen molar-refractivity contribution in [1.29, 1.82) is 0 Å². The molecule has 0 aliphatic carbocycles. The fourth-order valence-electron chi connectivity index (χ4n) is 2.62. The molecule has 0 saturated carbocycles. The van der Waals surface area contributed by atoms with E-state index in [1.54, 1.807) is 7.05 Å². The number of benzene rings is 1. The standard InChI is InChI=1S/C19H29N5O.HI/c1-4-14(2)24-18(25)10-12-22-19(20-3)21-11-9-15-13-23-17-8-6-5-7-16(15)17;/h5-8,13-14,23H,4,9-12H2,1-3H3,(H,24,25)(H2,20,21,22);1H. The van der Waals surface area contributed by atoms with Crippen LogP contribution in [0.3, 0.4) is 0 Å². The number of carbonyl (C=O) groups is 1. The van der Waals surface area contributed by atoms with Gasteiger partial charge in [0.1, 0.15) is 0 Å². The number of hydrogen-bond acceptors (Lipinski definition) is 2. The van der Waals surface area contributed by atoms with Crippen LogP contribution in [0, 0.1) is 0 Å². The summed E-state index contributed by atoms with van der Waals surface area (Å²) in [5, 5.41) is 10.7. The van der Waals surface area contributed by atoms with Crippen LogP contribution in [0.25, 0.3) is 10.9 Å². The molecule has 0 spiro atoms. The molecule has 7 heteroatoms. The number of para-hydroxylation sites is 1. The molecule has 0 saturated heterocycles. The third-order valence-corrected chi connectivity index (χ3v) is 4.25. The molecule has 1 atom stereocenters. The Hall–Kier alpha value is -1.77. The Labute approximate surface area is 172 Å². The van der Waals surface area contributed by atoms with Crippen molar-refractivity contribution in [3.63, 3.8) is 0 Å². The molecule has 1 aromatic carbocycles. The van der Waals surface area contributed by atoms with Gasteiger partial charge in [-0.2, -0.15) is 0 Å². The van der Waals surface area contributed by atoms with E-state index in [2.05, 4.69) is 57.2 Å². The molecule has 1 aromatic heterocycles. The van der Waals surface area contributed by atoms with Gasteiger partial charge in [-0.05, 0) is 31.4 Å². The first kappa shape index (κ1) is 22.3. The second-order valence-electron chi connectivity index (χ2n) is 6.16. The minimum atomic E-state index is 0. The van der Waals surface area contributed by atoms with Crippen LogP contribution in [0.4, 0.5) is 0 Å². The third kappa shape index (κ3) is 6.86. The second kappa shape index (κ2) is 11.8. The van der Waals surface area contributed by atoms with Crippen molar-refractivity contribution < 1.29 is 4.79 Å².